The molecule has 3 saturated carbocycles. The molecule has 0 spiro atoms. The van der Waals surface area contributed by atoms with Crippen LogP contribution in [0, 0.1) is 28.6 Å². The molecule has 7 heteroatoms. The van der Waals surface area contributed by atoms with Crippen molar-refractivity contribution in [2.45, 2.75) is 77.7 Å². The molecule has 0 bridgehead atoms. The van der Waals surface area contributed by atoms with E-state index in [1.54, 1.807) is 0 Å². The van der Waals surface area contributed by atoms with E-state index in [4.69, 9.17) is 4.52 Å². The quantitative estimate of drug-likeness (QED) is 0.295. The van der Waals surface area contributed by atoms with Crippen LogP contribution in [-0.2, 0) is 9.09 Å². The molecule has 0 heterocycles. The molecule has 0 aromatic heterocycles. The number of fused-ring (bicyclic) bond motifs is 5. The van der Waals surface area contributed by atoms with Gasteiger partial charge in [-0.1, -0.05) is 31.9 Å². The van der Waals surface area contributed by atoms with Crippen molar-refractivity contribution in [3.8, 4) is 0 Å². The molecule has 136 valence electrons. The van der Waals surface area contributed by atoms with Crippen LogP contribution in [0.4, 0.5) is 0 Å². The first kappa shape index (κ1) is 24.1. The fraction of sp³-hybridized carbons (Fsp3) is 0.895. The Balaban J connectivity index is 0.00000121. The van der Waals surface area contributed by atoms with Gasteiger partial charge in [0.25, 0.3) is 0 Å². The normalized spacial score (nSPS) is 44.5. The van der Waals surface area contributed by atoms with Gasteiger partial charge in [0.05, 0.1) is 13.9 Å². The molecule has 26 heavy (non-hydrogen) atoms. The molecule has 3 fully saturated rings. The van der Waals surface area contributed by atoms with Gasteiger partial charge in [0.2, 0.25) is 0 Å². The predicted molar refractivity (Wildman–Crippen MR) is 88.8 cm³/mol. The van der Waals surface area contributed by atoms with E-state index >= 15 is 0 Å². The smallest absolute Gasteiger partial charge is 0.790 e. The van der Waals surface area contributed by atoms with Crippen molar-refractivity contribution >= 4 is 7.82 Å². The van der Waals surface area contributed by atoms with E-state index in [-0.39, 0.29) is 64.5 Å². The summed E-state index contributed by atoms with van der Waals surface area (Å²) in [6, 6.07) is 0. The van der Waals surface area contributed by atoms with Crippen LogP contribution in [0.5, 0.6) is 0 Å². The van der Waals surface area contributed by atoms with Crippen LogP contribution in [-0.4, -0.2) is 6.10 Å². The summed E-state index contributed by atoms with van der Waals surface area (Å²) in [6.07, 6.45) is 12.1. The van der Waals surface area contributed by atoms with E-state index in [9.17, 15) is 14.4 Å². The van der Waals surface area contributed by atoms with Crippen LogP contribution in [0.3, 0.4) is 0 Å². The second kappa shape index (κ2) is 8.53. The third kappa shape index (κ3) is 4.31. The van der Waals surface area contributed by atoms with Crippen molar-refractivity contribution in [2.75, 3.05) is 0 Å². The second-order valence-electron chi connectivity index (χ2n) is 9.26. The van der Waals surface area contributed by atoms with Gasteiger partial charge in [0.1, 0.15) is 0 Å². The molecule has 6 atom stereocenters. The van der Waals surface area contributed by atoms with E-state index in [0.717, 1.165) is 30.6 Å². The van der Waals surface area contributed by atoms with Crippen LogP contribution in [0.2, 0.25) is 0 Å². The van der Waals surface area contributed by atoms with Crippen LogP contribution in [0.25, 0.3) is 0 Å². The van der Waals surface area contributed by atoms with E-state index in [0.29, 0.717) is 18.3 Å². The van der Waals surface area contributed by atoms with Crippen molar-refractivity contribution in [3.05, 3.63) is 11.6 Å². The summed E-state index contributed by atoms with van der Waals surface area (Å²) in [6.45, 7) is 4.89. The van der Waals surface area contributed by atoms with Crippen LogP contribution in [0.1, 0.15) is 71.6 Å². The Hall–Kier alpha value is 1.85. The third-order valence-corrected chi connectivity index (χ3v) is 8.67. The molecule has 4 aliphatic carbocycles. The summed E-state index contributed by atoms with van der Waals surface area (Å²) >= 11 is 0. The Morgan fingerprint density at radius 3 is 2.50 bits per heavy atom. The van der Waals surface area contributed by atoms with E-state index < -0.39 is 13.9 Å². The SMILES string of the molecule is CC12CCCC1C1CC=C3CC(OP(=O)([O-])[O-])CCC3(C)C1CC2.[Na+].[Na+]. The van der Waals surface area contributed by atoms with Gasteiger partial charge in [-0.25, -0.2) is 0 Å². The Labute approximate surface area is 202 Å². The Bertz CT molecular complexity index is 606. The number of allylic oxidation sites excluding steroid dienone is 1. The zero-order chi connectivity index (χ0) is 17.2. The van der Waals surface area contributed by atoms with Crippen molar-refractivity contribution in [1.82, 2.24) is 0 Å². The van der Waals surface area contributed by atoms with Gasteiger partial charge in [-0.05, 0) is 80.0 Å². The molecule has 0 radical (unpaired) electrons. The zero-order valence-corrected chi connectivity index (χ0v) is 21.7. The van der Waals surface area contributed by atoms with Crippen molar-refractivity contribution < 1.29 is 78.0 Å². The third-order valence-electron chi connectivity index (χ3n) is 8.12. The summed E-state index contributed by atoms with van der Waals surface area (Å²) in [7, 11) is -4.88. The summed E-state index contributed by atoms with van der Waals surface area (Å²) in [5, 5.41) is 0. The Kier molecular flexibility index (Phi) is 7.92. The molecular formula is C19H29Na2O4P. The molecule has 0 amide bonds. The first-order valence-corrected chi connectivity index (χ1v) is 11.1. The fourth-order valence-electron chi connectivity index (χ4n) is 6.89. The summed E-state index contributed by atoms with van der Waals surface area (Å²) < 4.78 is 15.8. The van der Waals surface area contributed by atoms with Crippen molar-refractivity contribution in [1.29, 1.82) is 0 Å². The van der Waals surface area contributed by atoms with E-state index in [1.807, 2.05) is 0 Å². The van der Waals surface area contributed by atoms with Crippen molar-refractivity contribution in [2.24, 2.45) is 28.6 Å². The Morgan fingerprint density at radius 2 is 1.81 bits per heavy atom. The van der Waals surface area contributed by atoms with Crippen LogP contribution >= 0.6 is 7.82 Å². The van der Waals surface area contributed by atoms with Gasteiger partial charge < -0.3 is 18.9 Å². The van der Waals surface area contributed by atoms with Gasteiger partial charge in [-0.2, -0.15) is 0 Å². The van der Waals surface area contributed by atoms with Gasteiger partial charge in [-0.15, -0.1) is 0 Å². The number of phosphoric acid groups is 1. The average molecular weight is 398 g/mol. The minimum atomic E-state index is -4.88. The molecule has 0 saturated heterocycles. The Morgan fingerprint density at radius 1 is 1.08 bits per heavy atom. The maximum atomic E-state index is 11.0. The van der Waals surface area contributed by atoms with Gasteiger partial charge in [0.15, 0.2) is 0 Å². The standard InChI is InChI=1S/C19H31O4P.2Na/c1-18-9-3-4-16(18)15-6-5-13-12-14(23-24(20,21)22)7-11-19(13,2)17(15)8-10-18;;/h5,14-17H,3-4,6-12H2,1-2H3,(H2,20,21,22);;/q;2*+1/p-2. The molecule has 0 N–H and O–H groups in total. The number of rotatable bonds is 2. The second-order valence-corrected chi connectivity index (χ2v) is 10.4. The molecular weight excluding hydrogens is 369 g/mol. The zero-order valence-electron chi connectivity index (χ0n) is 16.8. The minimum Gasteiger partial charge on any atom is -0.790 e. The molecule has 4 aliphatic rings. The van der Waals surface area contributed by atoms with Gasteiger partial charge >= 0.3 is 59.1 Å². The largest absolute Gasteiger partial charge is 1.00 e. The molecule has 4 nitrogen and oxygen atoms in total. The summed E-state index contributed by atoms with van der Waals surface area (Å²) in [4.78, 5) is 21.9. The van der Waals surface area contributed by atoms with E-state index in [2.05, 4.69) is 19.9 Å². The van der Waals surface area contributed by atoms with Crippen molar-refractivity contribution in [3.63, 3.8) is 0 Å². The maximum absolute atomic E-state index is 11.0. The monoisotopic (exact) mass is 398 g/mol. The average Bonchev–Trinajstić information content (AvgIpc) is 2.88. The molecule has 6 unspecified atom stereocenters. The summed E-state index contributed by atoms with van der Waals surface area (Å²) in [5.74, 6) is 2.38. The topological polar surface area (TPSA) is 72.4 Å². The molecule has 0 aliphatic heterocycles. The molecule has 0 aromatic rings. The van der Waals surface area contributed by atoms with Crippen LogP contribution in [0.15, 0.2) is 11.6 Å². The molecule has 4 rings (SSSR count). The first-order chi connectivity index (χ1) is 11.2. The number of hydrogen-bond donors (Lipinski definition) is 0. The fourth-order valence-corrected chi connectivity index (χ4v) is 7.44. The summed E-state index contributed by atoms with van der Waals surface area (Å²) in [5.41, 5.74) is 2.10. The molecule has 0 aromatic carbocycles. The number of hydrogen-bond acceptors (Lipinski definition) is 4. The van der Waals surface area contributed by atoms with E-state index in [1.165, 1.54) is 37.7 Å². The first-order valence-electron chi connectivity index (χ1n) is 9.61. The maximum Gasteiger partial charge on any atom is 1.00 e. The minimum absolute atomic E-state index is 0. The van der Waals surface area contributed by atoms with Crippen LogP contribution < -0.4 is 68.9 Å². The number of phosphoric ester groups is 1. The van der Waals surface area contributed by atoms with Gasteiger partial charge in [-0.3, -0.25) is 0 Å². The predicted octanol–water partition coefficient (Wildman–Crippen LogP) is -2.44. The van der Waals surface area contributed by atoms with Gasteiger partial charge in [0, 0.05) is 0 Å².